The fraction of sp³-hybridized carbons (Fsp3) is 0.100. The lowest BCUT2D eigenvalue weighted by atomic mass is 10.2. The first-order valence-corrected chi connectivity index (χ1v) is 5.75. The van der Waals surface area contributed by atoms with Crippen molar-refractivity contribution < 1.29 is 13.2 Å². The normalized spacial score (nSPS) is 12.2. The summed E-state index contributed by atoms with van der Waals surface area (Å²) in [5.74, 6) is 0.323. The summed E-state index contributed by atoms with van der Waals surface area (Å²) >= 11 is 1.33. The molecular formula is C10H5F3N4S. The highest BCUT2D eigenvalue weighted by atomic mass is 32.1. The molecule has 0 unspecified atom stereocenters. The molecule has 0 aromatic carbocycles. The summed E-state index contributed by atoms with van der Waals surface area (Å²) in [6.45, 7) is 0. The average Bonchev–Trinajstić information content (AvgIpc) is 2.95. The topological polar surface area (TPSA) is 43.1 Å². The molecule has 0 radical (unpaired) electrons. The van der Waals surface area contributed by atoms with Crippen molar-refractivity contribution in [2.24, 2.45) is 0 Å². The Morgan fingerprint density at radius 1 is 1.28 bits per heavy atom. The molecule has 18 heavy (non-hydrogen) atoms. The van der Waals surface area contributed by atoms with Gasteiger partial charge in [-0.3, -0.25) is 0 Å². The van der Waals surface area contributed by atoms with E-state index in [4.69, 9.17) is 0 Å². The molecule has 4 nitrogen and oxygen atoms in total. The minimum absolute atomic E-state index is 0.148. The lowest BCUT2D eigenvalue weighted by molar-refractivity contribution is -0.137. The van der Waals surface area contributed by atoms with Gasteiger partial charge in [-0.2, -0.15) is 13.2 Å². The van der Waals surface area contributed by atoms with Gasteiger partial charge in [-0.25, -0.2) is 14.5 Å². The Bertz CT molecular complexity index is 687. The van der Waals surface area contributed by atoms with Gasteiger partial charge in [0.15, 0.2) is 10.7 Å². The smallest absolute Gasteiger partial charge is 0.241 e. The van der Waals surface area contributed by atoms with Crippen molar-refractivity contribution >= 4 is 17.0 Å². The fourth-order valence-electron chi connectivity index (χ4n) is 1.48. The van der Waals surface area contributed by atoms with Crippen LogP contribution in [0, 0.1) is 0 Å². The van der Waals surface area contributed by atoms with Gasteiger partial charge < -0.3 is 0 Å². The Labute approximate surface area is 103 Å². The molecule has 0 aliphatic rings. The number of thiazole rings is 1. The molecular weight excluding hydrogens is 265 g/mol. The van der Waals surface area contributed by atoms with Gasteiger partial charge in [-0.1, -0.05) is 0 Å². The van der Waals surface area contributed by atoms with Crippen LogP contribution in [0.25, 0.3) is 16.5 Å². The maximum atomic E-state index is 12.5. The van der Waals surface area contributed by atoms with Gasteiger partial charge in [-0.05, 0) is 12.1 Å². The summed E-state index contributed by atoms with van der Waals surface area (Å²) in [6.07, 6.45) is -1.55. The molecule has 3 rings (SSSR count). The quantitative estimate of drug-likeness (QED) is 0.683. The number of nitrogens with zero attached hydrogens (tertiary/aromatic N) is 4. The zero-order chi connectivity index (χ0) is 12.8. The summed E-state index contributed by atoms with van der Waals surface area (Å²) in [5.41, 5.74) is -0.594. The van der Waals surface area contributed by atoms with Gasteiger partial charge in [0.1, 0.15) is 0 Å². The third-order valence-electron chi connectivity index (χ3n) is 2.29. The molecule has 92 valence electrons. The van der Waals surface area contributed by atoms with Gasteiger partial charge >= 0.3 is 6.18 Å². The summed E-state index contributed by atoms with van der Waals surface area (Å²) in [4.78, 5) is 8.04. The predicted molar refractivity (Wildman–Crippen MR) is 59.1 cm³/mol. The van der Waals surface area contributed by atoms with E-state index in [1.54, 1.807) is 11.6 Å². The standard InChI is InChI=1S/C10H5F3N4S/c11-10(12,13)6-1-3-17-7(5-6)15-8(16-17)9-14-2-4-18-9/h1-5H. The Balaban J connectivity index is 2.13. The Kier molecular flexibility index (Phi) is 2.34. The van der Waals surface area contributed by atoms with Gasteiger partial charge in [0.05, 0.1) is 5.56 Å². The van der Waals surface area contributed by atoms with Gasteiger partial charge in [0.2, 0.25) is 5.82 Å². The molecule has 0 fully saturated rings. The minimum atomic E-state index is -4.38. The van der Waals surface area contributed by atoms with Crippen LogP contribution in [0.4, 0.5) is 13.2 Å². The van der Waals surface area contributed by atoms with Crippen molar-refractivity contribution in [3.63, 3.8) is 0 Å². The third kappa shape index (κ3) is 1.84. The highest BCUT2D eigenvalue weighted by Gasteiger charge is 2.31. The molecule has 0 aliphatic carbocycles. The van der Waals surface area contributed by atoms with Crippen molar-refractivity contribution in [1.29, 1.82) is 0 Å². The third-order valence-corrected chi connectivity index (χ3v) is 3.06. The van der Waals surface area contributed by atoms with E-state index < -0.39 is 11.7 Å². The number of halogens is 3. The fourth-order valence-corrected chi connectivity index (χ4v) is 2.05. The second-order valence-electron chi connectivity index (χ2n) is 3.49. The van der Waals surface area contributed by atoms with Gasteiger partial charge in [0, 0.05) is 17.8 Å². The number of aromatic nitrogens is 4. The van der Waals surface area contributed by atoms with Crippen LogP contribution in [-0.4, -0.2) is 19.6 Å². The number of pyridine rings is 1. The van der Waals surface area contributed by atoms with E-state index in [0.29, 0.717) is 10.8 Å². The lowest BCUT2D eigenvalue weighted by Gasteiger charge is -2.05. The van der Waals surface area contributed by atoms with Gasteiger partial charge in [-0.15, -0.1) is 16.4 Å². The van der Waals surface area contributed by atoms with Crippen molar-refractivity contribution in [2.75, 3.05) is 0 Å². The molecule has 0 saturated heterocycles. The summed E-state index contributed by atoms with van der Waals surface area (Å²) in [7, 11) is 0. The predicted octanol–water partition coefficient (Wildman–Crippen LogP) is 2.87. The number of hydrogen-bond donors (Lipinski definition) is 0. The maximum Gasteiger partial charge on any atom is 0.416 e. The molecule has 3 heterocycles. The lowest BCUT2D eigenvalue weighted by Crippen LogP contribution is -2.05. The summed E-state index contributed by atoms with van der Waals surface area (Å²) in [6, 6.07) is 1.93. The monoisotopic (exact) mass is 270 g/mol. The van der Waals surface area contributed by atoms with E-state index in [1.807, 2.05) is 0 Å². The van der Waals surface area contributed by atoms with Crippen molar-refractivity contribution in [1.82, 2.24) is 19.6 Å². The van der Waals surface area contributed by atoms with Gasteiger partial charge in [0.25, 0.3) is 0 Å². The van der Waals surface area contributed by atoms with Crippen LogP contribution in [0.3, 0.4) is 0 Å². The van der Waals surface area contributed by atoms with E-state index in [2.05, 4.69) is 15.1 Å². The molecule has 8 heteroatoms. The maximum absolute atomic E-state index is 12.5. The van der Waals surface area contributed by atoms with Crippen molar-refractivity contribution in [3.05, 3.63) is 35.5 Å². The van der Waals surface area contributed by atoms with Crippen molar-refractivity contribution in [2.45, 2.75) is 6.18 Å². The molecule has 0 N–H and O–H groups in total. The summed E-state index contributed by atoms with van der Waals surface area (Å²) in [5, 5.41) is 6.39. The minimum Gasteiger partial charge on any atom is -0.241 e. The average molecular weight is 270 g/mol. The number of rotatable bonds is 1. The zero-order valence-electron chi connectivity index (χ0n) is 8.72. The van der Waals surface area contributed by atoms with E-state index in [-0.39, 0.29) is 5.65 Å². The second kappa shape index (κ2) is 3.77. The first-order chi connectivity index (χ1) is 8.54. The highest BCUT2D eigenvalue weighted by molar-refractivity contribution is 7.13. The molecule has 3 aromatic heterocycles. The highest BCUT2D eigenvalue weighted by Crippen LogP contribution is 2.29. The first-order valence-electron chi connectivity index (χ1n) is 4.87. The molecule has 0 aliphatic heterocycles. The zero-order valence-corrected chi connectivity index (χ0v) is 9.53. The number of fused-ring (bicyclic) bond motifs is 1. The molecule has 0 saturated carbocycles. The van der Waals surface area contributed by atoms with Crippen LogP contribution >= 0.6 is 11.3 Å². The van der Waals surface area contributed by atoms with Crippen LogP contribution in [0.15, 0.2) is 29.9 Å². The van der Waals surface area contributed by atoms with E-state index in [0.717, 1.165) is 12.1 Å². The van der Waals surface area contributed by atoms with E-state index in [1.165, 1.54) is 22.0 Å². The summed E-state index contributed by atoms with van der Waals surface area (Å²) < 4.78 is 38.9. The molecule has 0 atom stereocenters. The molecule has 0 bridgehead atoms. The first kappa shape index (κ1) is 11.1. The molecule has 0 amide bonds. The second-order valence-corrected chi connectivity index (χ2v) is 4.38. The Hall–Kier alpha value is -1.96. The molecule has 3 aromatic rings. The SMILES string of the molecule is FC(F)(F)c1ccn2nc(-c3nccs3)nc2c1. The largest absolute Gasteiger partial charge is 0.416 e. The van der Waals surface area contributed by atoms with E-state index in [9.17, 15) is 13.2 Å². The van der Waals surface area contributed by atoms with Crippen molar-refractivity contribution in [3.8, 4) is 10.8 Å². The number of alkyl halides is 3. The van der Waals surface area contributed by atoms with Crippen LogP contribution in [0.5, 0.6) is 0 Å². The Morgan fingerprint density at radius 3 is 2.78 bits per heavy atom. The van der Waals surface area contributed by atoms with Crippen LogP contribution < -0.4 is 0 Å². The Morgan fingerprint density at radius 2 is 2.11 bits per heavy atom. The van der Waals surface area contributed by atoms with E-state index >= 15 is 0 Å². The molecule has 0 spiro atoms. The van der Waals surface area contributed by atoms with Crippen LogP contribution in [0.1, 0.15) is 5.56 Å². The van der Waals surface area contributed by atoms with Crippen LogP contribution in [0.2, 0.25) is 0 Å². The van der Waals surface area contributed by atoms with Crippen LogP contribution in [-0.2, 0) is 6.18 Å². The number of hydrogen-bond acceptors (Lipinski definition) is 4.